The number of hydrogen-bond donors (Lipinski definition) is 1. The van der Waals surface area contributed by atoms with E-state index in [1.54, 1.807) is 0 Å². The second-order valence-electron chi connectivity index (χ2n) is 8.63. The van der Waals surface area contributed by atoms with Crippen LogP contribution in [0, 0.1) is 19.8 Å². The van der Waals surface area contributed by atoms with Gasteiger partial charge in [0.15, 0.2) is 0 Å². The van der Waals surface area contributed by atoms with E-state index < -0.39 is 0 Å². The van der Waals surface area contributed by atoms with Crippen molar-refractivity contribution in [2.45, 2.75) is 39.7 Å². The molecule has 3 aromatic rings. The molecule has 0 saturated carbocycles. The largest absolute Gasteiger partial charge is 0.441 e. The van der Waals surface area contributed by atoms with E-state index >= 15 is 0 Å². The van der Waals surface area contributed by atoms with Crippen LogP contribution in [0.5, 0.6) is 0 Å². The fraction of sp³-hybridized carbons (Fsp3) is 0.385. The van der Waals surface area contributed by atoms with E-state index in [-0.39, 0.29) is 11.8 Å². The third-order valence-corrected chi connectivity index (χ3v) is 6.28. The summed E-state index contributed by atoms with van der Waals surface area (Å²) in [6.07, 6.45) is 2.79. The van der Waals surface area contributed by atoms with Crippen molar-refractivity contribution in [2.75, 3.05) is 19.6 Å². The first-order valence-corrected chi connectivity index (χ1v) is 11.6. The number of rotatable bonds is 7. The zero-order valence-electron chi connectivity index (χ0n) is 18.7. The van der Waals surface area contributed by atoms with E-state index in [4.69, 9.17) is 21.0 Å². The van der Waals surface area contributed by atoms with E-state index in [0.717, 1.165) is 49.4 Å². The van der Waals surface area contributed by atoms with E-state index in [9.17, 15) is 4.79 Å². The summed E-state index contributed by atoms with van der Waals surface area (Å²) in [6.45, 7) is 7.09. The van der Waals surface area contributed by atoms with E-state index in [1.807, 2.05) is 31.2 Å². The molecular weight excluding hydrogens is 422 g/mol. The van der Waals surface area contributed by atoms with Gasteiger partial charge in [-0.1, -0.05) is 47.5 Å². The molecule has 1 fully saturated rings. The van der Waals surface area contributed by atoms with Crippen LogP contribution in [0.3, 0.4) is 0 Å². The average Bonchev–Trinajstić information content (AvgIpc) is 3.15. The zero-order valence-corrected chi connectivity index (χ0v) is 19.5. The number of carbonyl (C=O) groups excluding carboxylic acids is 1. The summed E-state index contributed by atoms with van der Waals surface area (Å²) in [5.41, 5.74) is 4.29. The van der Waals surface area contributed by atoms with E-state index in [0.29, 0.717) is 24.0 Å². The van der Waals surface area contributed by atoms with Crippen LogP contribution in [-0.2, 0) is 17.8 Å². The lowest BCUT2D eigenvalue weighted by molar-refractivity contribution is -0.126. The summed E-state index contributed by atoms with van der Waals surface area (Å²) < 4.78 is 5.90. The van der Waals surface area contributed by atoms with Crippen LogP contribution in [0.15, 0.2) is 52.9 Å². The summed E-state index contributed by atoms with van der Waals surface area (Å²) in [5, 5.41) is 3.79. The molecule has 0 bridgehead atoms. The van der Waals surface area contributed by atoms with Gasteiger partial charge in [0.25, 0.3) is 0 Å². The highest BCUT2D eigenvalue weighted by molar-refractivity contribution is 6.30. The lowest BCUT2D eigenvalue weighted by Gasteiger charge is -2.31. The molecule has 6 heteroatoms. The van der Waals surface area contributed by atoms with Crippen molar-refractivity contribution in [1.82, 2.24) is 15.2 Å². The van der Waals surface area contributed by atoms with Crippen molar-refractivity contribution < 1.29 is 9.21 Å². The number of halogens is 1. The Morgan fingerprint density at radius 2 is 2.03 bits per heavy atom. The van der Waals surface area contributed by atoms with Crippen LogP contribution in [0.25, 0.3) is 11.5 Å². The van der Waals surface area contributed by atoms with Gasteiger partial charge in [0.05, 0.1) is 11.6 Å². The number of nitrogens with zero attached hydrogens (tertiary/aromatic N) is 2. The molecule has 4 rings (SSSR count). The van der Waals surface area contributed by atoms with Gasteiger partial charge in [0, 0.05) is 30.2 Å². The number of aromatic nitrogens is 1. The molecule has 2 heterocycles. The molecular formula is C26H30ClN3O2. The molecule has 0 spiro atoms. The molecule has 1 aliphatic heterocycles. The van der Waals surface area contributed by atoms with Crippen molar-refractivity contribution >= 4 is 17.5 Å². The first-order chi connectivity index (χ1) is 15.5. The predicted octanol–water partition coefficient (Wildman–Crippen LogP) is 5.18. The Balaban J connectivity index is 1.31. The Kier molecular flexibility index (Phi) is 7.28. The molecule has 0 unspecified atom stereocenters. The van der Waals surface area contributed by atoms with Gasteiger partial charge in [-0.2, -0.15) is 0 Å². The van der Waals surface area contributed by atoms with Crippen molar-refractivity contribution in [3.05, 3.63) is 76.1 Å². The number of likely N-dealkylation sites (tertiary alicyclic amines) is 1. The van der Waals surface area contributed by atoms with Crippen molar-refractivity contribution in [3.63, 3.8) is 0 Å². The SMILES string of the molecule is Cc1ccc(CCNC(=O)[C@@H]2CCCN(Cc3nc(-c4cccc(Cl)c4)oc3C)C2)cc1. The maximum Gasteiger partial charge on any atom is 0.226 e. The summed E-state index contributed by atoms with van der Waals surface area (Å²) in [4.78, 5) is 19.8. The van der Waals surface area contributed by atoms with Crippen LogP contribution >= 0.6 is 11.6 Å². The molecule has 2 aromatic carbocycles. The monoisotopic (exact) mass is 451 g/mol. The lowest BCUT2D eigenvalue weighted by atomic mass is 9.97. The zero-order chi connectivity index (χ0) is 22.5. The second-order valence-corrected chi connectivity index (χ2v) is 9.07. The topological polar surface area (TPSA) is 58.4 Å². The van der Waals surface area contributed by atoms with Crippen molar-refractivity contribution in [2.24, 2.45) is 5.92 Å². The lowest BCUT2D eigenvalue weighted by Crippen LogP contribution is -2.43. The number of piperidine rings is 1. The number of oxazole rings is 1. The van der Waals surface area contributed by atoms with E-state index in [2.05, 4.69) is 41.4 Å². The Hall–Kier alpha value is -2.63. The van der Waals surface area contributed by atoms with Gasteiger partial charge in [-0.05, 0) is 63.4 Å². The standard InChI is InChI=1S/C26H30ClN3O2/c1-18-8-10-20(11-9-18)12-13-28-25(31)22-6-4-14-30(16-22)17-24-19(2)32-26(29-24)21-5-3-7-23(27)15-21/h3,5,7-11,15,22H,4,6,12-14,16-17H2,1-2H3,(H,28,31)/t22-/m1/s1. The average molecular weight is 452 g/mol. The Morgan fingerprint density at radius 3 is 2.81 bits per heavy atom. The number of aryl methyl sites for hydroxylation is 2. The molecule has 5 nitrogen and oxygen atoms in total. The second kappa shape index (κ2) is 10.3. The maximum atomic E-state index is 12.7. The summed E-state index contributed by atoms with van der Waals surface area (Å²) >= 11 is 6.10. The Morgan fingerprint density at radius 1 is 1.22 bits per heavy atom. The quantitative estimate of drug-likeness (QED) is 0.537. The van der Waals surface area contributed by atoms with Crippen LogP contribution in [0.2, 0.25) is 5.02 Å². The first-order valence-electron chi connectivity index (χ1n) is 11.3. The molecule has 168 valence electrons. The molecule has 1 N–H and O–H groups in total. The van der Waals surface area contributed by atoms with Crippen LogP contribution in [-0.4, -0.2) is 35.4 Å². The van der Waals surface area contributed by atoms with Crippen LogP contribution in [0.1, 0.15) is 35.4 Å². The summed E-state index contributed by atoms with van der Waals surface area (Å²) in [5.74, 6) is 1.56. The van der Waals surface area contributed by atoms with E-state index in [1.165, 1.54) is 11.1 Å². The number of hydrogen-bond acceptors (Lipinski definition) is 4. The predicted molar refractivity (Wildman–Crippen MR) is 128 cm³/mol. The van der Waals surface area contributed by atoms with Crippen molar-refractivity contribution in [1.29, 1.82) is 0 Å². The van der Waals surface area contributed by atoms with Gasteiger partial charge in [-0.15, -0.1) is 0 Å². The highest BCUT2D eigenvalue weighted by Gasteiger charge is 2.26. The smallest absolute Gasteiger partial charge is 0.226 e. The summed E-state index contributed by atoms with van der Waals surface area (Å²) in [7, 11) is 0. The van der Waals surface area contributed by atoms with Gasteiger partial charge in [-0.25, -0.2) is 4.98 Å². The molecule has 1 aliphatic rings. The molecule has 1 saturated heterocycles. The van der Waals surface area contributed by atoms with Crippen LogP contribution in [0.4, 0.5) is 0 Å². The molecule has 1 atom stereocenters. The Bertz CT molecular complexity index is 1060. The van der Waals surface area contributed by atoms with Gasteiger partial charge >= 0.3 is 0 Å². The third-order valence-electron chi connectivity index (χ3n) is 6.05. The normalized spacial score (nSPS) is 16.8. The fourth-order valence-electron chi connectivity index (χ4n) is 4.17. The number of nitrogens with one attached hydrogen (secondary N) is 1. The molecule has 0 radical (unpaired) electrons. The highest BCUT2D eigenvalue weighted by atomic mass is 35.5. The number of carbonyl (C=O) groups is 1. The van der Waals surface area contributed by atoms with Gasteiger partial charge in [0.2, 0.25) is 11.8 Å². The minimum atomic E-state index is 0.0152. The van der Waals surface area contributed by atoms with Gasteiger partial charge in [0.1, 0.15) is 5.76 Å². The number of amides is 1. The van der Waals surface area contributed by atoms with Crippen molar-refractivity contribution in [3.8, 4) is 11.5 Å². The molecule has 0 aliphatic carbocycles. The van der Waals surface area contributed by atoms with Crippen LogP contribution < -0.4 is 5.32 Å². The third kappa shape index (κ3) is 5.78. The maximum absolute atomic E-state index is 12.7. The number of benzene rings is 2. The Labute approximate surface area is 194 Å². The first kappa shape index (κ1) is 22.6. The molecule has 1 amide bonds. The molecule has 1 aromatic heterocycles. The molecule has 32 heavy (non-hydrogen) atoms. The minimum absolute atomic E-state index is 0.0152. The van der Waals surface area contributed by atoms with Gasteiger partial charge in [-0.3, -0.25) is 9.69 Å². The summed E-state index contributed by atoms with van der Waals surface area (Å²) in [6, 6.07) is 16.0. The van der Waals surface area contributed by atoms with Gasteiger partial charge < -0.3 is 9.73 Å². The minimum Gasteiger partial charge on any atom is -0.441 e. The highest BCUT2D eigenvalue weighted by Crippen LogP contribution is 2.26. The fourth-order valence-corrected chi connectivity index (χ4v) is 4.36.